The molecule has 12 heteroatoms. The number of amides is 1. The third-order valence-corrected chi connectivity index (χ3v) is 6.45. The predicted molar refractivity (Wildman–Crippen MR) is 116 cm³/mol. The molecule has 4 rings (SSSR count). The summed E-state index contributed by atoms with van der Waals surface area (Å²) in [5, 5.41) is 20.3. The molecule has 8 nitrogen and oxygen atoms in total. The fourth-order valence-electron chi connectivity index (χ4n) is 3.65. The number of carbonyl (C=O) groups excluding carboxylic acids is 2. The number of alkyl halides is 3. The first-order valence-electron chi connectivity index (χ1n) is 10.2. The molecule has 2 N–H and O–H groups in total. The number of ketones is 1. The number of carbonyl (C=O) groups is 2. The highest BCUT2D eigenvalue weighted by Crippen LogP contribution is 2.33. The van der Waals surface area contributed by atoms with Gasteiger partial charge in [-0.1, -0.05) is 30.0 Å². The quantitative estimate of drug-likeness (QED) is 0.306. The summed E-state index contributed by atoms with van der Waals surface area (Å²) in [6.45, 7) is -0.409. The minimum atomic E-state index is -4.72. The average molecular weight is 492 g/mol. The van der Waals surface area contributed by atoms with Crippen LogP contribution in [0.15, 0.2) is 47.6 Å². The fourth-order valence-corrected chi connectivity index (χ4v) is 4.56. The topological polar surface area (TPSA) is 117 Å². The summed E-state index contributed by atoms with van der Waals surface area (Å²) in [7, 11) is 0. The third kappa shape index (κ3) is 4.88. The zero-order valence-electron chi connectivity index (χ0n) is 17.6. The zero-order chi connectivity index (χ0) is 24.5. The molecule has 3 heterocycles. The number of aliphatic hydroxyl groups is 2. The number of pyridine rings is 1. The molecule has 1 aliphatic rings. The number of hydrogen-bond acceptors (Lipinski definition) is 8. The SMILES string of the molecule is O=C(CSc1nc(C(F)(F)F)nc2ccccc12)c1ccc(C2(O)CCN(C(=O)CO)C2)nc1. The highest BCUT2D eigenvalue weighted by molar-refractivity contribution is 8.00. The van der Waals surface area contributed by atoms with Crippen LogP contribution in [-0.2, 0) is 16.6 Å². The summed E-state index contributed by atoms with van der Waals surface area (Å²) in [4.78, 5) is 37.0. The number of aromatic nitrogens is 3. The van der Waals surface area contributed by atoms with Gasteiger partial charge in [-0.2, -0.15) is 13.2 Å². The van der Waals surface area contributed by atoms with Gasteiger partial charge in [0, 0.05) is 30.1 Å². The molecule has 1 atom stereocenters. The van der Waals surface area contributed by atoms with Crippen molar-refractivity contribution in [1.29, 1.82) is 0 Å². The predicted octanol–water partition coefficient (Wildman–Crippen LogP) is 2.43. The monoisotopic (exact) mass is 492 g/mol. The maximum atomic E-state index is 13.2. The number of nitrogens with zero attached hydrogens (tertiary/aromatic N) is 4. The number of halogens is 3. The van der Waals surface area contributed by atoms with Crippen LogP contribution in [0.25, 0.3) is 10.9 Å². The number of thioether (sulfide) groups is 1. The van der Waals surface area contributed by atoms with E-state index in [1.807, 2.05) is 0 Å². The Hall–Kier alpha value is -3.09. The fraction of sp³-hybridized carbons (Fsp3) is 0.318. The number of benzene rings is 1. The van der Waals surface area contributed by atoms with E-state index in [2.05, 4.69) is 15.0 Å². The molecular formula is C22H19F3N4O4S. The van der Waals surface area contributed by atoms with E-state index in [0.717, 1.165) is 11.8 Å². The molecule has 1 fully saturated rings. The van der Waals surface area contributed by atoms with Crippen molar-refractivity contribution in [2.75, 3.05) is 25.4 Å². The van der Waals surface area contributed by atoms with Crippen molar-refractivity contribution < 1.29 is 33.0 Å². The molecular weight excluding hydrogens is 473 g/mol. The molecule has 1 aromatic carbocycles. The number of fused-ring (bicyclic) bond motifs is 1. The van der Waals surface area contributed by atoms with Gasteiger partial charge in [-0.3, -0.25) is 14.6 Å². The number of β-amino-alcohol motifs (C(OH)–C–C–N with tert-alkyl or cyclic N) is 1. The van der Waals surface area contributed by atoms with E-state index in [0.29, 0.717) is 5.39 Å². The average Bonchev–Trinajstić information content (AvgIpc) is 3.24. The standard InChI is InChI=1S/C22H19F3N4O4S/c23-22(24,25)20-27-15-4-2-1-3-14(15)19(28-20)34-11-16(31)13-5-6-17(26-9-13)21(33)7-8-29(12-21)18(32)10-30/h1-6,9,30,33H,7-8,10-12H2. The second-order valence-corrected chi connectivity index (χ2v) is 8.73. The maximum Gasteiger partial charge on any atom is 0.451 e. The van der Waals surface area contributed by atoms with E-state index in [-0.39, 0.29) is 52.8 Å². The van der Waals surface area contributed by atoms with E-state index >= 15 is 0 Å². The maximum absolute atomic E-state index is 13.2. The van der Waals surface area contributed by atoms with Crippen molar-refractivity contribution >= 4 is 34.4 Å². The number of likely N-dealkylation sites (tertiary alicyclic amines) is 1. The number of aliphatic hydroxyl groups excluding tert-OH is 1. The van der Waals surface area contributed by atoms with E-state index in [9.17, 15) is 27.9 Å². The first-order chi connectivity index (χ1) is 16.1. The molecule has 0 aliphatic carbocycles. The first-order valence-corrected chi connectivity index (χ1v) is 11.2. The van der Waals surface area contributed by atoms with Gasteiger partial charge in [-0.15, -0.1) is 0 Å². The van der Waals surface area contributed by atoms with Gasteiger partial charge in [0.1, 0.15) is 17.2 Å². The molecule has 178 valence electrons. The molecule has 1 saturated heterocycles. The van der Waals surface area contributed by atoms with Gasteiger partial charge in [-0.05, 0) is 18.2 Å². The number of rotatable bonds is 6. The van der Waals surface area contributed by atoms with Gasteiger partial charge in [0.25, 0.3) is 0 Å². The molecule has 0 radical (unpaired) electrons. The van der Waals surface area contributed by atoms with E-state index in [4.69, 9.17) is 5.11 Å². The summed E-state index contributed by atoms with van der Waals surface area (Å²) in [5.41, 5.74) is -0.768. The van der Waals surface area contributed by atoms with Crippen molar-refractivity contribution in [3.05, 3.63) is 59.7 Å². The van der Waals surface area contributed by atoms with Gasteiger partial charge in [0.05, 0.1) is 23.5 Å². The highest BCUT2D eigenvalue weighted by atomic mass is 32.2. The summed E-state index contributed by atoms with van der Waals surface area (Å²) in [6.07, 6.45) is -3.20. The second-order valence-electron chi connectivity index (χ2n) is 7.77. The van der Waals surface area contributed by atoms with Crippen LogP contribution in [0, 0.1) is 0 Å². The van der Waals surface area contributed by atoms with Crippen LogP contribution < -0.4 is 0 Å². The molecule has 3 aromatic rings. The van der Waals surface area contributed by atoms with Gasteiger partial charge < -0.3 is 15.1 Å². The van der Waals surface area contributed by atoms with Crippen molar-refractivity contribution in [3.63, 3.8) is 0 Å². The molecule has 1 amide bonds. The molecule has 0 saturated carbocycles. The molecule has 0 spiro atoms. The summed E-state index contributed by atoms with van der Waals surface area (Å²) in [5.74, 6) is -2.32. The Morgan fingerprint density at radius 3 is 2.59 bits per heavy atom. The van der Waals surface area contributed by atoms with Gasteiger partial charge in [0.15, 0.2) is 5.78 Å². The molecule has 34 heavy (non-hydrogen) atoms. The second kappa shape index (κ2) is 9.28. The highest BCUT2D eigenvalue weighted by Gasteiger charge is 2.40. The summed E-state index contributed by atoms with van der Waals surface area (Å²) < 4.78 is 39.5. The van der Waals surface area contributed by atoms with E-state index < -0.39 is 30.1 Å². The Morgan fingerprint density at radius 2 is 1.91 bits per heavy atom. The molecule has 1 unspecified atom stereocenters. The van der Waals surface area contributed by atoms with Crippen LogP contribution in [-0.4, -0.2) is 67.2 Å². The minimum absolute atomic E-state index is 0.0230. The Labute approximate surface area is 195 Å². The van der Waals surface area contributed by atoms with Crippen molar-refractivity contribution in [2.24, 2.45) is 0 Å². The summed E-state index contributed by atoms with van der Waals surface area (Å²) >= 11 is 0.872. The van der Waals surface area contributed by atoms with Crippen LogP contribution in [0.2, 0.25) is 0 Å². The minimum Gasteiger partial charge on any atom is -0.387 e. The number of hydrogen-bond donors (Lipinski definition) is 2. The van der Waals surface area contributed by atoms with Gasteiger partial charge >= 0.3 is 6.18 Å². The summed E-state index contributed by atoms with van der Waals surface area (Å²) in [6, 6.07) is 9.21. The Morgan fingerprint density at radius 1 is 1.15 bits per heavy atom. The zero-order valence-corrected chi connectivity index (χ0v) is 18.4. The van der Waals surface area contributed by atoms with E-state index in [1.165, 1.54) is 29.3 Å². The lowest BCUT2D eigenvalue weighted by Crippen LogP contribution is -2.36. The van der Waals surface area contributed by atoms with Crippen LogP contribution in [0.5, 0.6) is 0 Å². The Bertz CT molecular complexity index is 1240. The lowest BCUT2D eigenvalue weighted by Gasteiger charge is -2.22. The number of Topliss-reactive ketones (excluding diaryl/α,β-unsaturated/α-hetero) is 1. The van der Waals surface area contributed by atoms with Crippen LogP contribution in [0.1, 0.15) is 28.3 Å². The van der Waals surface area contributed by atoms with Gasteiger partial charge in [-0.25, -0.2) is 9.97 Å². The van der Waals surface area contributed by atoms with Crippen LogP contribution in [0.3, 0.4) is 0 Å². The van der Waals surface area contributed by atoms with Gasteiger partial charge in [0.2, 0.25) is 11.7 Å². The molecule has 1 aliphatic heterocycles. The lowest BCUT2D eigenvalue weighted by molar-refractivity contribution is -0.145. The first kappa shape index (κ1) is 24.0. The van der Waals surface area contributed by atoms with E-state index in [1.54, 1.807) is 18.2 Å². The van der Waals surface area contributed by atoms with Crippen LogP contribution >= 0.6 is 11.8 Å². The van der Waals surface area contributed by atoms with Crippen molar-refractivity contribution in [2.45, 2.75) is 23.2 Å². The lowest BCUT2D eigenvalue weighted by atomic mass is 9.97. The largest absolute Gasteiger partial charge is 0.451 e. The molecule has 0 bridgehead atoms. The van der Waals surface area contributed by atoms with Crippen LogP contribution in [0.4, 0.5) is 13.2 Å². The van der Waals surface area contributed by atoms with Crippen molar-refractivity contribution in [1.82, 2.24) is 19.9 Å². The Kier molecular flexibility index (Phi) is 6.56. The normalized spacial score (nSPS) is 18.4. The Balaban J connectivity index is 1.48. The van der Waals surface area contributed by atoms with Crippen molar-refractivity contribution in [3.8, 4) is 0 Å². The molecule has 2 aromatic heterocycles. The third-order valence-electron chi connectivity index (χ3n) is 5.46. The number of para-hydroxylation sites is 1. The smallest absolute Gasteiger partial charge is 0.387 e.